The molecular formula is C14H18O3. The summed E-state index contributed by atoms with van der Waals surface area (Å²) in [5.41, 5.74) is 1.09. The molecule has 1 rings (SSSR count). The largest absolute Gasteiger partial charge is 0.466 e. The summed E-state index contributed by atoms with van der Waals surface area (Å²) in [6.45, 7) is 2.00. The molecule has 0 N–H and O–H groups in total. The first-order chi connectivity index (χ1) is 8.19. The molecule has 0 aliphatic heterocycles. The Kier molecular flexibility index (Phi) is 5.43. The Morgan fingerprint density at radius 3 is 2.41 bits per heavy atom. The quantitative estimate of drug-likeness (QED) is 0.580. The van der Waals surface area contributed by atoms with Crippen LogP contribution in [0.5, 0.6) is 0 Å². The summed E-state index contributed by atoms with van der Waals surface area (Å²) in [7, 11) is 3.03. The lowest BCUT2D eigenvalue weighted by Gasteiger charge is -2.20. The Bertz CT molecular complexity index is 370. The molecule has 2 atom stereocenters. The van der Waals surface area contributed by atoms with E-state index in [-0.39, 0.29) is 18.0 Å². The van der Waals surface area contributed by atoms with E-state index in [0.29, 0.717) is 0 Å². The molecule has 92 valence electrons. The van der Waals surface area contributed by atoms with Gasteiger partial charge in [-0.1, -0.05) is 43.3 Å². The number of rotatable bonds is 5. The molecule has 0 spiro atoms. The second kappa shape index (κ2) is 6.86. The molecule has 0 aliphatic carbocycles. The van der Waals surface area contributed by atoms with E-state index in [1.807, 2.05) is 37.3 Å². The summed E-state index contributed by atoms with van der Waals surface area (Å²) in [4.78, 5) is 11.0. The monoisotopic (exact) mass is 234 g/mol. The zero-order valence-corrected chi connectivity index (χ0v) is 10.4. The van der Waals surface area contributed by atoms with Crippen molar-refractivity contribution in [3.8, 4) is 0 Å². The molecule has 1 aromatic rings. The van der Waals surface area contributed by atoms with E-state index < -0.39 is 0 Å². The standard InChI is InChI=1S/C14H18O3/c1-11(9-10-13(15)16-2)14(17-3)12-7-5-4-6-8-12/h4-11,14H,1-3H3/b10-9+/t11-,14+/m0/s1. The molecular weight excluding hydrogens is 216 g/mol. The highest BCUT2D eigenvalue weighted by atomic mass is 16.5. The third-order valence-corrected chi connectivity index (χ3v) is 2.60. The normalized spacial score (nSPS) is 14.5. The van der Waals surface area contributed by atoms with Gasteiger partial charge in [-0.15, -0.1) is 0 Å². The molecule has 0 unspecified atom stereocenters. The van der Waals surface area contributed by atoms with Crippen molar-refractivity contribution in [2.24, 2.45) is 5.92 Å². The topological polar surface area (TPSA) is 35.5 Å². The Morgan fingerprint density at radius 1 is 1.24 bits per heavy atom. The molecule has 1 aromatic carbocycles. The molecule has 0 radical (unpaired) electrons. The van der Waals surface area contributed by atoms with Crippen LogP contribution in [-0.2, 0) is 14.3 Å². The van der Waals surface area contributed by atoms with Gasteiger partial charge >= 0.3 is 5.97 Å². The first-order valence-electron chi connectivity index (χ1n) is 5.53. The van der Waals surface area contributed by atoms with Crippen LogP contribution in [0, 0.1) is 5.92 Å². The molecule has 0 fully saturated rings. The summed E-state index contributed by atoms with van der Waals surface area (Å²) < 4.78 is 10.0. The van der Waals surface area contributed by atoms with Crippen molar-refractivity contribution in [1.29, 1.82) is 0 Å². The predicted octanol–water partition coefficient (Wildman–Crippen LogP) is 2.74. The van der Waals surface area contributed by atoms with Crippen LogP contribution >= 0.6 is 0 Å². The number of ether oxygens (including phenoxy) is 2. The number of esters is 1. The van der Waals surface area contributed by atoms with E-state index in [2.05, 4.69) is 4.74 Å². The maximum atomic E-state index is 11.0. The number of carbonyl (C=O) groups excluding carboxylic acids is 1. The summed E-state index contributed by atoms with van der Waals surface area (Å²) in [5, 5.41) is 0. The van der Waals surface area contributed by atoms with Crippen LogP contribution in [-0.4, -0.2) is 20.2 Å². The molecule has 0 saturated heterocycles. The lowest BCUT2D eigenvalue weighted by Crippen LogP contribution is -2.10. The summed E-state index contributed by atoms with van der Waals surface area (Å²) >= 11 is 0. The fourth-order valence-corrected chi connectivity index (χ4v) is 1.70. The van der Waals surface area contributed by atoms with Crippen molar-refractivity contribution >= 4 is 5.97 Å². The van der Waals surface area contributed by atoms with Gasteiger partial charge in [-0.05, 0) is 5.56 Å². The second-order valence-electron chi connectivity index (χ2n) is 3.81. The van der Waals surface area contributed by atoms with Gasteiger partial charge in [0.15, 0.2) is 0 Å². The molecule has 0 bridgehead atoms. The minimum atomic E-state index is -0.347. The van der Waals surface area contributed by atoms with E-state index in [1.165, 1.54) is 13.2 Å². The third-order valence-electron chi connectivity index (χ3n) is 2.60. The van der Waals surface area contributed by atoms with Crippen LogP contribution in [0.1, 0.15) is 18.6 Å². The average Bonchev–Trinajstić information content (AvgIpc) is 2.38. The number of hydrogen-bond donors (Lipinski definition) is 0. The van der Waals surface area contributed by atoms with Crippen LogP contribution < -0.4 is 0 Å². The maximum Gasteiger partial charge on any atom is 0.330 e. The molecule has 3 heteroatoms. The number of benzene rings is 1. The Hall–Kier alpha value is -1.61. The number of hydrogen-bond acceptors (Lipinski definition) is 3. The number of carbonyl (C=O) groups is 1. The fraction of sp³-hybridized carbons (Fsp3) is 0.357. The van der Waals surface area contributed by atoms with Gasteiger partial charge in [0, 0.05) is 19.1 Å². The van der Waals surface area contributed by atoms with Crippen LogP contribution in [0.3, 0.4) is 0 Å². The third kappa shape index (κ3) is 4.04. The van der Waals surface area contributed by atoms with E-state index in [4.69, 9.17) is 4.74 Å². The minimum Gasteiger partial charge on any atom is -0.466 e. The average molecular weight is 234 g/mol. The minimum absolute atomic E-state index is 0.0582. The Morgan fingerprint density at radius 2 is 1.88 bits per heavy atom. The first-order valence-corrected chi connectivity index (χ1v) is 5.53. The van der Waals surface area contributed by atoms with Gasteiger partial charge in [0.25, 0.3) is 0 Å². The van der Waals surface area contributed by atoms with Crippen LogP contribution in [0.15, 0.2) is 42.5 Å². The van der Waals surface area contributed by atoms with Gasteiger partial charge in [-0.2, -0.15) is 0 Å². The van der Waals surface area contributed by atoms with Gasteiger partial charge in [0.05, 0.1) is 13.2 Å². The van der Waals surface area contributed by atoms with Gasteiger partial charge in [0.2, 0.25) is 0 Å². The fourth-order valence-electron chi connectivity index (χ4n) is 1.70. The molecule has 0 saturated carbocycles. The zero-order valence-electron chi connectivity index (χ0n) is 10.4. The van der Waals surface area contributed by atoms with Crippen LogP contribution in [0.25, 0.3) is 0 Å². The summed E-state index contributed by atoms with van der Waals surface area (Å²) in [6, 6.07) is 9.93. The van der Waals surface area contributed by atoms with Crippen molar-refractivity contribution < 1.29 is 14.3 Å². The highest BCUT2D eigenvalue weighted by Gasteiger charge is 2.16. The SMILES string of the molecule is COC(=O)/C=C/[C@H](C)[C@@H](OC)c1ccccc1. The molecule has 0 amide bonds. The Balaban J connectivity index is 2.75. The molecule has 0 aromatic heterocycles. The molecule has 0 heterocycles. The van der Waals surface area contributed by atoms with Crippen LogP contribution in [0.2, 0.25) is 0 Å². The number of methoxy groups -OCH3 is 2. The molecule has 0 aliphatic rings. The smallest absolute Gasteiger partial charge is 0.330 e. The van der Waals surface area contributed by atoms with Crippen molar-refractivity contribution in [3.05, 3.63) is 48.0 Å². The summed E-state index contributed by atoms with van der Waals surface area (Å²) in [5.74, 6) is -0.249. The van der Waals surface area contributed by atoms with Gasteiger partial charge in [-0.3, -0.25) is 0 Å². The van der Waals surface area contributed by atoms with Gasteiger partial charge in [-0.25, -0.2) is 4.79 Å². The highest BCUT2D eigenvalue weighted by molar-refractivity contribution is 5.81. The lowest BCUT2D eigenvalue weighted by molar-refractivity contribution is -0.134. The molecule has 17 heavy (non-hydrogen) atoms. The van der Waals surface area contributed by atoms with Crippen molar-refractivity contribution in [1.82, 2.24) is 0 Å². The van der Waals surface area contributed by atoms with Crippen molar-refractivity contribution in [3.63, 3.8) is 0 Å². The van der Waals surface area contributed by atoms with E-state index in [9.17, 15) is 4.79 Å². The maximum absolute atomic E-state index is 11.0. The van der Waals surface area contributed by atoms with Gasteiger partial charge in [0.1, 0.15) is 0 Å². The van der Waals surface area contributed by atoms with Crippen molar-refractivity contribution in [2.45, 2.75) is 13.0 Å². The van der Waals surface area contributed by atoms with Crippen LogP contribution in [0.4, 0.5) is 0 Å². The second-order valence-corrected chi connectivity index (χ2v) is 3.81. The predicted molar refractivity (Wildman–Crippen MR) is 66.5 cm³/mol. The zero-order chi connectivity index (χ0) is 12.7. The van der Waals surface area contributed by atoms with E-state index in [0.717, 1.165) is 5.56 Å². The van der Waals surface area contributed by atoms with Gasteiger partial charge < -0.3 is 9.47 Å². The molecule has 3 nitrogen and oxygen atoms in total. The Labute approximate surface area is 102 Å². The van der Waals surface area contributed by atoms with E-state index >= 15 is 0 Å². The first kappa shape index (κ1) is 13.5. The van der Waals surface area contributed by atoms with E-state index in [1.54, 1.807) is 13.2 Å². The lowest BCUT2D eigenvalue weighted by atomic mass is 9.97. The van der Waals surface area contributed by atoms with Crippen molar-refractivity contribution in [2.75, 3.05) is 14.2 Å². The summed E-state index contributed by atoms with van der Waals surface area (Å²) in [6.07, 6.45) is 3.17. The highest BCUT2D eigenvalue weighted by Crippen LogP contribution is 2.25.